The maximum atomic E-state index is 13.0. The van der Waals surface area contributed by atoms with Crippen molar-refractivity contribution in [2.24, 2.45) is 0 Å². The Hall–Kier alpha value is -4.53. The highest BCUT2D eigenvalue weighted by atomic mass is 16.2. The number of nitrogens with zero attached hydrogens (tertiary/aromatic N) is 3. The molecule has 3 aromatic heterocycles. The monoisotopic (exact) mass is 470 g/mol. The molecule has 4 rings (SSSR count). The lowest BCUT2D eigenvalue weighted by atomic mass is 10.0. The van der Waals surface area contributed by atoms with Gasteiger partial charge in [0.15, 0.2) is 5.43 Å². The number of nitrogens with two attached hydrogens (primary N) is 1. The van der Waals surface area contributed by atoms with Gasteiger partial charge < -0.3 is 20.9 Å². The highest BCUT2D eigenvalue weighted by Gasteiger charge is 2.18. The Balaban J connectivity index is 1.61. The second kappa shape index (κ2) is 10.2. The zero-order valence-corrected chi connectivity index (χ0v) is 19.5. The number of pyridine rings is 3. The molecule has 0 aliphatic heterocycles. The van der Waals surface area contributed by atoms with Crippen LogP contribution in [0.15, 0.2) is 65.7 Å². The number of amides is 2. The first-order valence-corrected chi connectivity index (χ1v) is 11.2. The minimum Gasteiger partial charge on any atom is -0.385 e. The van der Waals surface area contributed by atoms with Crippen molar-refractivity contribution in [2.45, 2.75) is 26.3 Å². The van der Waals surface area contributed by atoms with E-state index in [4.69, 9.17) is 10.7 Å². The van der Waals surface area contributed by atoms with Gasteiger partial charge in [0.1, 0.15) is 11.5 Å². The van der Waals surface area contributed by atoms with Gasteiger partial charge in [0.25, 0.3) is 0 Å². The van der Waals surface area contributed by atoms with Gasteiger partial charge in [0.05, 0.1) is 23.9 Å². The van der Waals surface area contributed by atoms with Crippen molar-refractivity contribution in [3.05, 3.63) is 82.3 Å². The van der Waals surface area contributed by atoms with E-state index >= 15 is 0 Å². The van der Waals surface area contributed by atoms with Gasteiger partial charge in [-0.05, 0) is 36.8 Å². The Morgan fingerprint density at radius 1 is 0.971 bits per heavy atom. The van der Waals surface area contributed by atoms with Crippen LogP contribution in [0.4, 0.5) is 11.5 Å². The Bertz CT molecular complexity index is 1450. The molecule has 0 saturated heterocycles. The molecular formula is C26H26N6O3. The second-order valence-electron chi connectivity index (χ2n) is 8.01. The fourth-order valence-corrected chi connectivity index (χ4v) is 3.91. The van der Waals surface area contributed by atoms with Crippen molar-refractivity contribution in [1.82, 2.24) is 19.9 Å². The third-order valence-corrected chi connectivity index (χ3v) is 5.76. The molecule has 2 amide bonds. The maximum absolute atomic E-state index is 13.0. The topological polar surface area (TPSA) is 132 Å². The summed E-state index contributed by atoms with van der Waals surface area (Å²) in [7, 11) is 1.52. The van der Waals surface area contributed by atoms with Crippen LogP contribution in [-0.4, -0.2) is 33.4 Å². The molecule has 9 nitrogen and oxygen atoms in total. The molecule has 0 bridgehead atoms. The summed E-state index contributed by atoms with van der Waals surface area (Å²) >= 11 is 0. The highest BCUT2D eigenvalue weighted by Crippen LogP contribution is 2.23. The fraction of sp³-hybridized carbons (Fsp3) is 0.192. The van der Waals surface area contributed by atoms with Crippen molar-refractivity contribution >= 4 is 34.4 Å². The number of benzene rings is 1. The lowest BCUT2D eigenvalue weighted by Crippen LogP contribution is -2.27. The molecule has 3 heterocycles. The standard InChI is InChI=1S/C26H26N6O3/c1-3-32-25(27)20(15-22(33)28-2)24(35)19-8-9-21(31-26(19)32)17-6-4-16(5-7-17)14-23(34)30-18-10-12-29-13-11-18/h4-13H,3,14-15,27H2,1-2H3,(H,28,33)(H,29,30,34). The molecule has 1 aromatic carbocycles. The largest absolute Gasteiger partial charge is 0.385 e. The third kappa shape index (κ3) is 5.03. The molecular weight excluding hydrogens is 444 g/mol. The molecule has 0 atom stereocenters. The van der Waals surface area contributed by atoms with Gasteiger partial charge in [-0.3, -0.25) is 19.4 Å². The Kier molecular flexibility index (Phi) is 6.86. The van der Waals surface area contributed by atoms with Gasteiger partial charge in [0, 0.05) is 42.8 Å². The number of hydrogen-bond donors (Lipinski definition) is 3. The normalized spacial score (nSPS) is 10.8. The summed E-state index contributed by atoms with van der Waals surface area (Å²) in [5.74, 6) is -0.161. The first-order valence-electron chi connectivity index (χ1n) is 11.2. The average molecular weight is 471 g/mol. The summed E-state index contributed by atoms with van der Waals surface area (Å²) in [5.41, 5.74) is 9.78. The van der Waals surface area contributed by atoms with Crippen molar-refractivity contribution in [3.63, 3.8) is 0 Å². The predicted octanol–water partition coefficient (Wildman–Crippen LogP) is 2.53. The number of hydrogen-bond acceptors (Lipinski definition) is 6. The number of anilines is 2. The summed E-state index contributed by atoms with van der Waals surface area (Å²) in [6.45, 7) is 2.40. The number of carbonyl (C=O) groups is 2. The van der Waals surface area contributed by atoms with Crippen LogP contribution in [0.3, 0.4) is 0 Å². The molecule has 4 aromatic rings. The molecule has 9 heteroatoms. The van der Waals surface area contributed by atoms with Gasteiger partial charge >= 0.3 is 0 Å². The lowest BCUT2D eigenvalue weighted by Gasteiger charge is -2.16. The van der Waals surface area contributed by atoms with E-state index < -0.39 is 0 Å². The summed E-state index contributed by atoms with van der Waals surface area (Å²) < 4.78 is 1.75. The van der Waals surface area contributed by atoms with Gasteiger partial charge in [-0.2, -0.15) is 0 Å². The number of likely N-dealkylation sites (N-methyl/N-ethyl adjacent to an activating group) is 1. The van der Waals surface area contributed by atoms with E-state index in [2.05, 4.69) is 15.6 Å². The summed E-state index contributed by atoms with van der Waals surface area (Å²) in [4.78, 5) is 45.9. The van der Waals surface area contributed by atoms with Crippen molar-refractivity contribution in [2.75, 3.05) is 18.1 Å². The van der Waals surface area contributed by atoms with Crippen LogP contribution < -0.4 is 21.8 Å². The smallest absolute Gasteiger partial charge is 0.228 e. The molecule has 0 aliphatic rings. The van der Waals surface area contributed by atoms with Crippen LogP contribution in [0.25, 0.3) is 22.3 Å². The van der Waals surface area contributed by atoms with Crippen LogP contribution in [0.1, 0.15) is 18.1 Å². The second-order valence-corrected chi connectivity index (χ2v) is 8.01. The predicted molar refractivity (Wildman–Crippen MR) is 136 cm³/mol. The fourth-order valence-electron chi connectivity index (χ4n) is 3.91. The summed E-state index contributed by atoms with van der Waals surface area (Å²) in [6, 6.07) is 14.5. The minimum absolute atomic E-state index is 0.0882. The molecule has 0 spiro atoms. The lowest BCUT2D eigenvalue weighted by molar-refractivity contribution is -0.120. The number of nitrogen functional groups attached to an aromatic ring is 1. The number of fused-ring (bicyclic) bond motifs is 1. The van der Waals surface area contributed by atoms with E-state index in [1.807, 2.05) is 31.2 Å². The first-order chi connectivity index (χ1) is 16.9. The van der Waals surface area contributed by atoms with Crippen LogP contribution in [0, 0.1) is 0 Å². The number of rotatable bonds is 7. The molecule has 0 fully saturated rings. The van der Waals surface area contributed by atoms with Crippen LogP contribution in [0.5, 0.6) is 0 Å². The molecule has 4 N–H and O–H groups in total. The molecule has 0 radical (unpaired) electrons. The zero-order valence-electron chi connectivity index (χ0n) is 19.5. The van der Waals surface area contributed by atoms with Crippen molar-refractivity contribution < 1.29 is 9.59 Å². The Morgan fingerprint density at radius 2 is 1.69 bits per heavy atom. The van der Waals surface area contributed by atoms with Crippen LogP contribution in [0.2, 0.25) is 0 Å². The van der Waals surface area contributed by atoms with E-state index in [-0.39, 0.29) is 41.5 Å². The van der Waals surface area contributed by atoms with Gasteiger partial charge in [-0.1, -0.05) is 24.3 Å². The molecule has 0 aliphatic carbocycles. The first kappa shape index (κ1) is 23.6. The van der Waals surface area contributed by atoms with Gasteiger partial charge in [0.2, 0.25) is 11.8 Å². The summed E-state index contributed by atoms with van der Waals surface area (Å²) in [5, 5.41) is 5.78. The SMILES string of the molecule is CCn1c(N)c(CC(=O)NC)c(=O)c2ccc(-c3ccc(CC(=O)Nc4ccncc4)cc3)nc21. The van der Waals surface area contributed by atoms with Gasteiger partial charge in [-0.15, -0.1) is 0 Å². The number of carbonyl (C=O) groups excluding carboxylic acids is 2. The van der Waals surface area contributed by atoms with Crippen LogP contribution >= 0.6 is 0 Å². The van der Waals surface area contributed by atoms with Crippen molar-refractivity contribution in [1.29, 1.82) is 0 Å². The number of aryl methyl sites for hydroxylation is 1. The molecule has 0 saturated carbocycles. The minimum atomic E-state index is -0.291. The van der Waals surface area contributed by atoms with E-state index in [1.165, 1.54) is 7.05 Å². The summed E-state index contributed by atoms with van der Waals surface area (Å²) in [6.07, 6.45) is 3.38. The molecule has 35 heavy (non-hydrogen) atoms. The molecule has 178 valence electrons. The van der Waals surface area contributed by atoms with E-state index in [0.29, 0.717) is 29.0 Å². The quantitative estimate of drug-likeness (QED) is 0.380. The Labute approximate surface area is 202 Å². The Morgan fingerprint density at radius 3 is 2.34 bits per heavy atom. The highest BCUT2D eigenvalue weighted by molar-refractivity contribution is 5.92. The third-order valence-electron chi connectivity index (χ3n) is 5.76. The van der Waals surface area contributed by atoms with E-state index in [1.54, 1.807) is 41.2 Å². The maximum Gasteiger partial charge on any atom is 0.228 e. The number of nitrogens with one attached hydrogen (secondary N) is 2. The van der Waals surface area contributed by atoms with Crippen molar-refractivity contribution in [3.8, 4) is 11.3 Å². The van der Waals surface area contributed by atoms with Crippen LogP contribution in [-0.2, 0) is 29.0 Å². The number of aromatic nitrogens is 3. The average Bonchev–Trinajstić information content (AvgIpc) is 2.87. The van der Waals surface area contributed by atoms with Gasteiger partial charge in [-0.25, -0.2) is 4.98 Å². The van der Waals surface area contributed by atoms with E-state index in [0.717, 1.165) is 11.1 Å². The van der Waals surface area contributed by atoms with E-state index in [9.17, 15) is 14.4 Å². The zero-order chi connectivity index (χ0) is 24.9. The molecule has 0 unspecified atom stereocenters.